The van der Waals surface area contributed by atoms with Crippen molar-refractivity contribution in [2.45, 2.75) is 184 Å². The van der Waals surface area contributed by atoms with E-state index in [1.807, 2.05) is 0 Å². The number of unbranched alkanes of at least 4 members (excludes halogenated alkanes) is 9. The van der Waals surface area contributed by atoms with Gasteiger partial charge < -0.3 is 64.2 Å². The molecular weight excluding hydrogens is 732 g/mol. The van der Waals surface area contributed by atoms with E-state index in [2.05, 4.69) is 50.3 Å². The van der Waals surface area contributed by atoms with Crippen molar-refractivity contribution in [2.75, 3.05) is 26.4 Å². The zero-order valence-corrected chi connectivity index (χ0v) is 33.4. The molecule has 0 saturated carbocycles. The van der Waals surface area contributed by atoms with E-state index in [1.165, 1.54) is 0 Å². The molecule has 15 heteroatoms. The van der Waals surface area contributed by atoms with Crippen LogP contribution in [0.15, 0.2) is 36.5 Å². The van der Waals surface area contributed by atoms with Gasteiger partial charge in [-0.1, -0.05) is 95.2 Å². The topological polar surface area (TPSA) is 231 Å². The SMILES string of the molecule is CC/C=C\C/C=C\C/C=C\CCCCCCCC(=O)OC(COC(=O)CCCCCCC)COC1OC(COC2OC(CO)C(O)C(O)C2O)C(O)C(O)C1O. The van der Waals surface area contributed by atoms with E-state index in [0.29, 0.717) is 12.8 Å². The zero-order chi connectivity index (χ0) is 41.1. The minimum absolute atomic E-state index is 0.145. The third-order valence-electron chi connectivity index (χ3n) is 9.63. The van der Waals surface area contributed by atoms with Crippen molar-refractivity contribution in [3.63, 3.8) is 0 Å². The highest BCUT2D eigenvalue weighted by Gasteiger charge is 2.47. The Morgan fingerprint density at radius 1 is 0.589 bits per heavy atom. The van der Waals surface area contributed by atoms with Gasteiger partial charge in [0.2, 0.25) is 0 Å². The summed E-state index contributed by atoms with van der Waals surface area (Å²) in [5, 5.41) is 71.5. The molecule has 2 aliphatic heterocycles. The first-order valence-electron chi connectivity index (χ1n) is 20.6. The fourth-order valence-corrected chi connectivity index (χ4v) is 6.17. The molecule has 7 N–H and O–H groups in total. The fourth-order valence-electron chi connectivity index (χ4n) is 6.17. The molecule has 2 aliphatic rings. The Morgan fingerprint density at radius 3 is 1.77 bits per heavy atom. The number of carbonyl (C=O) groups is 2. The molecule has 0 aromatic heterocycles. The summed E-state index contributed by atoms with van der Waals surface area (Å²) < 4.78 is 33.2. The summed E-state index contributed by atoms with van der Waals surface area (Å²) in [4.78, 5) is 25.3. The number of carbonyl (C=O) groups excluding carboxylic acids is 2. The number of allylic oxidation sites excluding steroid dienone is 6. The minimum Gasteiger partial charge on any atom is -0.462 e. The first kappa shape index (κ1) is 49.9. The number of rotatable bonds is 29. The van der Waals surface area contributed by atoms with Gasteiger partial charge in [-0.25, -0.2) is 0 Å². The number of esters is 2. The van der Waals surface area contributed by atoms with Crippen LogP contribution in [0.1, 0.15) is 117 Å². The van der Waals surface area contributed by atoms with Crippen LogP contribution in [0, 0.1) is 0 Å². The molecule has 324 valence electrons. The van der Waals surface area contributed by atoms with Gasteiger partial charge in [0, 0.05) is 12.8 Å². The highest BCUT2D eigenvalue weighted by Crippen LogP contribution is 2.26. The van der Waals surface area contributed by atoms with Gasteiger partial charge in [0.1, 0.15) is 55.4 Å². The third kappa shape index (κ3) is 19.4. The molecule has 56 heavy (non-hydrogen) atoms. The van der Waals surface area contributed by atoms with Crippen LogP contribution in [0.25, 0.3) is 0 Å². The van der Waals surface area contributed by atoms with Gasteiger partial charge in [-0.2, -0.15) is 0 Å². The van der Waals surface area contributed by atoms with Crippen LogP contribution in [0.5, 0.6) is 0 Å². The molecule has 15 nitrogen and oxygen atoms in total. The van der Waals surface area contributed by atoms with Gasteiger partial charge in [0.15, 0.2) is 18.7 Å². The lowest BCUT2D eigenvalue weighted by molar-refractivity contribution is -0.332. The van der Waals surface area contributed by atoms with Crippen molar-refractivity contribution in [1.82, 2.24) is 0 Å². The first-order chi connectivity index (χ1) is 27.0. The number of ether oxygens (including phenoxy) is 6. The van der Waals surface area contributed by atoms with E-state index in [-0.39, 0.29) is 26.1 Å². The molecule has 2 rings (SSSR count). The van der Waals surface area contributed by atoms with Crippen LogP contribution in [0.2, 0.25) is 0 Å². The van der Waals surface area contributed by atoms with Crippen molar-refractivity contribution in [3.05, 3.63) is 36.5 Å². The molecule has 2 heterocycles. The van der Waals surface area contributed by atoms with Crippen molar-refractivity contribution < 1.29 is 73.8 Å². The molecule has 2 fully saturated rings. The Hall–Kier alpha value is -2.28. The smallest absolute Gasteiger partial charge is 0.306 e. The summed E-state index contributed by atoms with van der Waals surface area (Å²) in [6.07, 6.45) is 9.68. The van der Waals surface area contributed by atoms with Gasteiger partial charge in [-0.3, -0.25) is 9.59 Å². The summed E-state index contributed by atoms with van der Waals surface area (Å²) in [7, 11) is 0. The van der Waals surface area contributed by atoms with E-state index >= 15 is 0 Å². The Bertz CT molecular complexity index is 1130. The summed E-state index contributed by atoms with van der Waals surface area (Å²) in [5.41, 5.74) is 0. The van der Waals surface area contributed by atoms with Gasteiger partial charge in [-0.15, -0.1) is 0 Å². The average Bonchev–Trinajstić information content (AvgIpc) is 3.19. The molecule has 0 amide bonds. The molecule has 11 unspecified atom stereocenters. The number of aliphatic hydroxyl groups excluding tert-OH is 7. The lowest BCUT2D eigenvalue weighted by atomic mass is 9.98. The van der Waals surface area contributed by atoms with E-state index in [9.17, 15) is 45.3 Å². The Morgan fingerprint density at radius 2 is 1.12 bits per heavy atom. The van der Waals surface area contributed by atoms with Crippen LogP contribution in [0.3, 0.4) is 0 Å². The van der Waals surface area contributed by atoms with Gasteiger partial charge in [0.25, 0.3) is 0 Å². The second-order valence-corrected chi connectivity index (χ2v) is 14.4. The summed E-state index contributed by atoms with van der Waals surface area (Å²) >= 11 is 0. The maximum atomic E-state index is 12.8. The molecule has 0 aliphatic carbocycles. The van der Waals surface area contributed by atoms with Gasteiger partial charge >= 0.3 is 11.9 Å². The molecule has 2 saturated heterocycles. The Kier molecular flexibility index (Phi) is 26.6. The largest absolute Gasteiger partial charge is 0.462 e. The molecule has 0 bridgehead atoms. The number of hydrogen-bond donors (Lipinski definition) is 7. The highest BCUT2D eigenvalue weighted by molar-refractivity contribution is 5.70. The fraction of sp³-hybridized carbons (Fsp3) is 0.805. The number of hydrogen-bond acceptors (Lipinski definition) is 15. The van der Waals surface area contributed by atoms with Crippen LogP contribution in [-0.2, 0) is 38.0 Å². The van der Waals surface area contributed by atoms with Crippen molar-refractivity contribution >= 4 is 11.9 Å². The summed E-state index contributed by atoms with van der Waals surface area (Å²) in [6, 6.07) is 0. The molecule has 0 spiro atoms. The van der Waals surface area contributed by atoms with Crippen molar-refractivity contribution in [1.29, 1.82) is 0 Å². The van der Waals surface area contributed by atoms with Gasteiger partial charge in [-0.05, 0) is 44.9 Å². The third-order valence-corrected chi connectivity index (χ3v) is 9.63. The van der Waals surface area contributed by atoms with Crippen LogP contribution >= 0.6 is 0 Å². The molecular formula is C41H70O15. The standard InChI is InChI=1S/C41H70O15/c1-3-5-7-9-10-11-12-13-14-15-16-17-18-20-22-24-33(44)54-29(26-51-32(43)23-21-19-8-6-4-2)27-52-40-39(50)37(48)35(46)31(56-40)28-53-41-38(49)36(47)34(45)30(25-42)55-41/h5,7,10-11,13-14,29-31,34-42,45-50H,3-4,6,8-9,12,15-28H2,1-2H3/b7-5-,11-10-,14-13-. The van der Waals surface area contributed by atoms with E-state index in [0.717, 1.165) is 77.0 Å². The summed E-state index contributed by atoms with van der Waals surface area (Å²) in [6.45, 7) is 2.31. The maximum absolute atomic E-state index is 12.8. The molecule has 0 aromatic carbocycles. The quantitative estimate of drug-likeness (QED) is 0.0328. The van der Waals surface area contributed by atoms with Crippen molar-refractivity contribution in [3.8, 4) is 0 Å². The monoisotopic (exact) mass is 802 g/mol. The average molecular weight is 803 g/mol. The first-order valence-corrected chi connectivity index (χ1v) is 20.6. The summed E-state index contributed by atoms with van der Waals surface area (Å²) in [5.74, 6) is -0.964. The maximum Gasteiger partial charge on any atom is 0.306 e. The predicted molar refractivity (Wildman–Crippen MR) is 206 cm³/mol. The molecule has 11 atom stereocenters. The Balaban J connectivity index is 1.86. The second-order valence-electron chi connectivity index (χ2n) is 14.4. The highest BCUT2D eigenvalue weighted by atomic mass is 16.7. The molecule has 0 aromatic rings. The second kappa shape index (κ2) is 29.9. The zero-order valence-electron chi connectivity index (χ0n) is 33.4. The lowest BCUT2D eigenvalue weighted by Crippen LogP contribution is -2.61. The van der Waals surface area contributed by atoms with Crippen molar-refractivity contribution in [2.24, 2.45) is 0 Å². The normalized spacial score (nSPS) is 29.0. The van der Waals surface area contributed by atoms with Crippen LogP contribution in [-0.4, -0.2) is 142 Å². The van der Waals surface area contributed by atoms with Gasteiger partial charge in [0.05, 0.1) is 19.8 Å². The minimum atomic E-state index is -1.76. The van der Waals surface area contributed by atoms with E-state index < -0.39 is 92.7 Å². The predicted octanol–water partition coefficient (Wildman–Crippen LogP) is 3.03. The van der Waals surface area contributed by atoms with Crippen LogP contribution < -0.4 is 0 Å². The van der Waals surface area contributed by atoms with E-state index in [4.69, 9.17) is 28.4 Å². The lowest BCUT2D eigenvalue weighted by Gasteiger charge is -2.42. The van der Waals surface area contributed by atoms with Crippen LogP contribution in [0.4, 0.5) is 0 Å². The Labute approximate surface area is 332 Å². The number of aliphatic hydroxyl groups is 7. The molecule has 0 radical (unpaired) electrons. The van der Waals surface area contributed by atoms with E-state index in [1.54, 1.807) is 0 Å².